The lowest BCUT2D eigenvalue weighted by molar-refractivity contribution is -0.116. The summed E-state index contributed by atoms with van der Waals surface area (Å²) in [5, 5.41) is 5.62. The van der Waals surface area contributed by atoms with Gasteiger partial charge in [0.1, 0.15) is 0 Å². The molecule has 0 spiro atoms. The second-order valence-corrected chi connectivity index (χ2v) is 4.70. The number of hydrogen-bond donors (Lipinski definition) is 2. The fraction of sp³-hybridized carbons (Fsp3) is 0.176. The van der Waals surface area contributed by atoms with Crippen molar-refractivity contribution in [3.05, 3.63) is 60.2 Å². The number of hydrogen-bond acceptors (Lipinski definition) is 2. The Hall–Kier alpha value is -2.62. The van der Waals surface area contributed by atoms with Crippen molar-refractivity contribution in [3.8, 4) is 0 Å². The highest BCUT2D eigenvalue weighted by Gasteiger charge is 2.05. The van der Waals surface area contributed by atoms with Crippen LogP contribution in [0.4, 0.5) is 11.4 Å². The van der Waals surface area contributed by atoms with E-state index in [1.165, 1.54) is 0 Å². The molecular weight excluding hydrogens is 264 g/mol. The van der Waals surface area contributed by atoms with Crippen LogP contribution in [0.2, 0.25) is 0 Å². The van der Waals surface area contributed by atoms with Crippen molar-refractivity contribution in [2.24, 2.45) is 0 Å². The molecule has 0 heterocycles. The van der Waals surface area contributed by atoms with Crippen LogP contribution in [0.3, 0.4) is 0 Å². The van der Waals surface area contributed by atoms with Gasteiger partial charge in [-0.05, 0) is 42.8 Å². The summed E-state index contributed by atoms with van der Waals surface area (Å²) >= 11 is 0. The van der Waals surface area contributed by atoms with Gasteiger partial charge in [0.25, 0.3) is 5.91 Å². The zero-order valence-corrected chi connectivity index (χ0v) is 11.9. The molecule has 2 aromatic rings. The average Bonchev–Trinajstić information content (AvgIpc) is 2.50. The van der Waals surface area contributed by atoms with E-state index in [-0.39, 0.29) is 11.8 Å². The Morgan fingerprint density at radius 3 is 2.00 bits per heavy atom. The Morgan fingerprint density at radius 1 is 0.857 bits per heavy atom. The minimum Gasteiger partial charge on any atom is -0.326 e. The van der Waals surface area contributed by atoms with Gasteiger partial charge in [0.15, 0.2) is 0 Å². The smallest absolute Gasteiger partial charge is 0.255 e. The van der Waals surface area contributed by atoms with Crippen LogP contribution in [0, 0.1) is 0 Å². The minimum atomic E-state index is -0.154. The van der Waals surface area contributed by atoms with Gasteiger partial charge in [-0.2, -0.15) is 0 Å². The lowest BCUT2D eigenvalue weighted by atomic mass is 10.2. The zero-order chi connectivity index (χ0) is 15.1. The molecule has 2 rings (SSSR count). The van der Waals surface area contributed by atoms with Gasteiger partial charge in [0.2, 0.25) is 5.91 Å². The SMILES string of the molecule is CCCC(=O)Nc1ccc(NC(=O)c2ccccc2)cc1. The van der Waals surface area contributed by atoms with Crippen LogP contribution in [0.5, 0.6) is 0 Å². The van der Waals surface area contributed by atoms with E-state index >= 15 is 0 Å². The monoisotopic (exact) mass is 282 g/mol. The first-order chi connectivity index (χ1) is 10.2. The molecule has 4 nitrogen and oxygen atoms in total. The third-order valence-electron chi connectivity index (χ3n) is 2.94. The molecule has 108 valence electrons. The Morgan fingerprint density at radius 2 is 1.43 bits per heavy atom. The lowest BCUT2D eigenvalue weighted by Gasteiger charge is -2.07. The summed E-state index contributed by atoms with van der Waals surface area (Å²) in [5.74, 6) is -0.156. The first-order valence-corrected chi connectivity index (χ1v) is 6.95. The normalized spacial score (nSPS) is 9.95. The van der Waals surface area contributed by atoms with Crippen molar-refractivity contribution >= 4 is 23.2 Å². The standard InChI is InChI=1S/C17H18N2O2/c1-2-6-16(20)18-14-9-11-15(12-10-14)19-17(21)13-7-4-3-5-8-13/h3-5,7-12H,2,6H2,1H3,(H,18,20)(H,19,21). The van der Waals surface area contributed by atoms with Crippen LogP contribution in [-0.4, -0.2) is 11.8 Å². The molecule has 0 aliphatic carbocycles. The molecule has 0 radical (unpaired) electrons. The van der Waals surface area contributed by atoms with Crippen LogP contribution in [-0.2, 0) is 4.79 Å². The molecule has 0 saturated carbocycles. The third-order valence-corrected chi connectivity index (χ3v) is 2.94. The average molecular weight is 282 g/mol. The predicted octanol–water partition coefficient (Wildman–Crippen LogP) is 3.68. The Labute approximate surface area is 124 Å². The number of carbonyl (C=O) groups excluding carboxylic acids is 2. The number of anilines is 2. The summed E-state index contributed by atoms with van der Waals surface area (Å²) in [5.41, 5.74) is 2.03. The van der Waals surface area contributed by atoms with Gasteiger partial charge >= 0.3 is 0 Å². The molecule has 0 bridgehead atoms. The molecule has 2 aromatic carbocycles. The maximum absolute atomic E-state index is 12.0. The largest absolute Gasteiger partial charge is 0.326 e. The molecule has 2 amide bonds. The summed E-state index contributed by atoms with van der Waals surface area (Å²) in [6.07, 6.45) is 1.32. The highest BCUT2D eigenvalue weighted by molar-refractivity contribution is 6.04. The van der Waals surface area contributed by atoms with Crippen LogP contribution >= 0.6 is 0 Å². The summed E-state index contributed by atoms with van der Waals surface area (Å²) in [6, 6.07) is 16.1. The van der Waals surface area contributed by atoms with E-state index in [4.69, 9.17) is 0 Å². The third kappa shape index (κ3) is 4.45. The predicted molar refractivity (Wildman–Crippen MR) is 84.4 cm³/mol. The van der Waals surface area contributed by atoms with E-state index in [2.05, 4.69) is 10.6 Å². The number of benzene rings is 2. The van der Waals surface area contributed by atoms with E-state index < -0.39 is 0 Å². The molecule has 21 heavy (non-hydrogen) atoms. The molecule has 0 atom stereocenters. The van der Waals surface area contributed by atoms with Gasteiger partial charge in [-0.15, -0.1) is 0 Å². The molecule has 4 heteroatoms. The molecule has 0 unspecified atom stereocenters. The molecule has 0 aromatic heterocycles. The molecular formula is C17H18N2O2. The zero-order valence-electron chi connectivity index (χ0n) is 11.9. The molecule has 0 fully saturated rings. The van der Waals surface area contributed by atoms with E-state index in [1.807, 2.05) is 25.1 Å². The van der Waals surface area contributed by atoms with E-state index in [1.54, 1.807) is 36.4 Å². The van der Waals surface area contributed by atoms with Crippen molar-refractivity contribution in [2.75, 3.05) is 10.6 Å². The first-order valence-electron chi connectivity index (χ1n) is 6.95. The summed E-state index contributed by atoms with van der Waals surface area (Å²) < 4.78 is 0. The van der Waals surface area contributed by atoms with Crippen LogP contribution < -0.4 is 10.6 Å². The number of nitrogens with one attached hydrogen (secondary N) is 2. The molecule has 0 aliphatic heterocycles. The van der Waals surface area contributed by atoms with Crippen LogP contribution in [0.1, 0.15) is 30.1 Å². The van der Waals surface area contributed by atoms with Gasteiger partial charge in [-0.25, -0.2) is 0 Å². The second-order valence-electron chi connectivity index (χ2n) is 4.70. The fourth-order valence-corrected chi connectivity index (χ4v) is 1.88. The van der Waals surface area contributed by atoms with Crippen molar-refractivity contribution in [2.45, 2.75) is 19.8 Å². The summed E-state index contributed by atoms with van der Waals surface area (Å²) in [4.78, 5) is 23.5. The molecule has 2 N–H and O–H groups in total. The highest BCUT2D eigenvalue weighted by Crippen LogP contribution is 2.15. The highest BCUT2D eigenvalue weighted by atomic mass is 16.2. The van der Waals surface area contributed by atoms with Crippen molar-refractivity contribution in [3.63, 3.8) is 0 Å². The maximum Gasteiger partial charge on any atom is 0.255 e. The Kier molecular flexibility index (Phi) is 5.10. The van der Waals surface area contributed by atoms with Crippen LogP contribution in [0.15, 0.2) is 54.6 Å². The molecule has 0 aliphatic rings. The quantitative estimate of drug-likeness (QED) is 0.879. The minimum absolute atomic E-state index is 0.00132. The Bertz CT molecular complexity index is 606. The second kappa shape index (κ2) is 7.24. The van der Waals surface area contributed by atoms with E-state index in [0.29, 0.717) is 17.7 Å². The summed E-state index contributed by atoms with van der Waals surface area (Å²) in [7, 11) is 0. The van der Waals surface area contributed by atoms with Gasteiger partial charge in [0.05, 0.1) is 0 Å². The topological polar surface area (TPSA) is 58.2 Å². The maximum atomic E-state index is 12.0. The van der Waals surface area contributed by atoms with E-state index in [9.17, 15) is 9.59 Å². The van der Waals surface area contributed by atoms with Gasteiger partial charge in [-0.1, -0.05) is 25.1 Å². The first kappa shape index (κ1) is 14.8. The van der Waals surface area contributed by atoms with Crippen molar-refractivity contribution in [1.82, 2.24) is 0 Å². The number of carbonyl (C=O) groups is 2. The van der Waals surface area contributed by atoms with Gasteiger partial charge in [0, 0.05) is 23.4 Å². The van der Waals surface area contributed by atoms with Crippen molar-refractivity contribution < 1.29 is 9.59 Å². The summed E-state index contributed by atoms with van der Waals surface area (Å²) in [6.45, 7) is 1.96. The van der Waals surface area contributed by atoms with Crippen LogP contribution in [0.25, 0.3) is 0 Å². The lowest BCUT2D eigenvalue weighted by Crippen LogP contribution is -2.12. The molecule has 0 saturated heterocycles. The van der Waals surface area contributed by atoms with E-state index in [0.717, 1.165) is 12.1 Å². The number of rotatable bonds is 5. The Balaban J connectivity index is 1.96. The fourth-order valence-electron chi connectivity index (χ4n) is 1.88. The van der Waals surface area contributed by atoms with Gasteiger partial charge < -0.3 is 10.6 Å². The van der Waals surface area contributed by atoms with Gasteiger partial charge in [-0.3, -0.25) is 9.59 Å². The number of amides is 2. The van der Waals surface area contributed by atoms with Crippen molar-refractivity contribution in [1.29, 1.82) is 0 Å².